The summed E-state index contributed by atoms with van der Waals surface area (Å²) in [5.41, 5.74) is 1.23. The Morgan fingerprint density at radius 2 is 2.00 bits per heavy atom. The molecule has 0 radical (unpaired) electrons. The summed E-state index contributed by atoms with van der Waals surface area (Å²) in [5, 5.41) is 21.1. The Labute approximate surface area is 184 Å². The van der Waals surface area contributed by atoms with Crippen LogP contribution in [0.25, 0.3) is 0 Å². The molecule has 3 unspecified atom stereocenters. The van der Waals surface area contributed by atoms with Crippen molar-refractivity contribution < 1.29 is 29.3 Å². The number of Topliss-reactive ketones (excluding diaryl/α,β-unsaturated/α-hetero) is 1. The van der Waals surface area contributed by atoms with Crippen LogP contribution in [0.2, 0.25) is 0 Å². The number of hydrogen-bond acceptors (Lipinski definition) is 6. The minimum atomic E-state index is -0.765. The van der Waals surface area contributed by atoms with E-state index in [4.69, 9.17) is 9.47 Å². The Bertz CT molecular complexity index is 746. The van der Waals surface area contributed by atoms with Gasteiger partial charge in [0, 0.05) is 12.3 Å². The number of rotatable bonds is 13. The van der Waals surface area contributed by atoms with Crippen LogP contribution in [0.5, 0.6) is 0 Å². The van der Waals surface area contributed by atoms with E-state index >= 15 is 0 Å². The number of aliphatic hydroxyl groups is 2. The summed E-state index contributed by atoms with van der Waals surface area (Å²) in [7, 11) is 0. The average Bonchev–Trinajstić information content (AvgIpc) is 3.36. The second-order valence-electron chi connectivity index (χ2n) is 8.56. The Hall–Kier alpha value is -2.02. The zero-order valence-electron chi connectivity index (χ0n) is 18.2. The molecule has 170 valence electrons. The molecule has 0 saturated heterocycles. The van der Waals surface area contributed by atoms with Crippen LogP contribution in [0.4, 0.5) is 0 Å². The molecule has 3 rings (SSSR count). The predicted octanol–water partition coefficient (Wildman–Crippen LogP) is 2.71. The molecule has 0 spiro atoms. The molecule has 2 aliphatic rings. The zero-order valence-corrected chi connectivity index (χ0v) is 18.2. The molecule has 6 heteroatoms. The molecule has 0 aromatic heterocycles. The molecule has 6 nitrogen and oxygen atoms in total. The number of benzene rings is 1. The smallest absolute Gasteiger partial charge is 0.332 e. The number of carbonyl (C=O) groups is 2. The lowest BCUT2D eigenvalue weighted by Crippen LogP contribution is -2.31. The van der Waals surface area contributed by atoms with Gasteiger partial charge in [-0.25, -0.2) is 4.79 Å². The van der Waals surface area contributed by atoms with E-state index in [-0.39, 0.29) is 42.0 Å². The van der Waals surface area contributed by atoms with Crippen LogP contribution in [0.3, 0.4) is 0 Å². The van der Waals surface area contributed by atoms with Gasteiger partial charge in [0.1, 0.15) is 12.4 Å². The van der Waals surface area contributed by atoms with Crippen molar-refractivity contribution in [1.82, 2.24) is 0 Å². The van der Waals surface area contributed by atoms with Gasteiger partial charge >= 0.3 is 5.97 Å². The van der Waals surface area contributed by atoms with Gasteiger partial charge in [-0.15, -0.1) is 0 Å². The molecular formula is C25H34O6. The molecule has 2 N–H and O–H groups in total. The molecule has 2 aliphatic carbocycles. The number of aryl methyl sites for hydroxylation is 1. The monoisotopic (exact) mass is 430 g/mol. The van der Waals surface area contributed by atoms with Crippen molar-refractivity contribution in [3.05, 3.63) is 48.0 Å². The first-order chi connectivity index (χ1) is 15.0. The van der Waals surface area contributed by atoms with Gasteiger partial charge in [-0.1, -0.05) is 42.5 Å². The summed E-state index contributed by atoms with van der Waals surface area (Å²) < 4.78 is 10.0. The summed E-state index contributed by atoms with van der Waals surface area (Å²) in [5.74, 6) is 0.141. The first kappa shape index (κ1) is 23.6. The van der Waals surface area contributed by atoms with E-state index in [1.165, 1.54) is 5.56 Å². The third-order valence-corrected chi connectivity index (χ3v) is 6.50. The highest BCUT2D eigenvalue weighted by molar-refractivity contribution is 5.85. The number of hydrogen-bond donors (Lipinski definition) is 2. The van der Waals surface area contributed by atoms with Crippen LogP contribution in [-0.2, 0) is 25.5 Å². The van der Waals surface area contributed by atoms with Gasteiger partial charge in [-0.05, 0) is 55.9 Å². The maximum atomic E-state index is 12.3. The summed E-state index contributed by atoms with van der Waals surface area (Å²) in [4.78, 5) is 23.5. The molecule has 0 aliphatic heterocycles. The van der Waals surface area contributed by atoms with E-state index in [0.29, 0.717) is 32.5 Å². The standard InChI is InChI=1S/C25H34O6/c1-2-31-22(28)16-30-14-7-6-12-18-21(27)15-19-23(18)24(19)25(29)20(26)13-8-11-17-9-4-3-5-10-17/h3-7,9-10,18-20,23-26,29H,2,8,11-16H2,1H3/t18-,19+,20?,23-,24?,25?/m0/s1. The first-order valence-corrected chi connectivity index (χ1v) is 11.3. The lowest BCUT2D eigenvalue weighted by atomic mass is 9.90. The Kier molecular flexibility index (Phi) is 8.81. The van der Waals surface area contributed by atoms with Crippen molar-refractivity contribution in [2.45, 2.75) is 51.2 Å². The molecule has 31 heavy (non-hydrogen) atoms. The van der Waals surface area contributed by atoms with Crippen molar-refractivity contribution in [3.8, 4) is 0 Å². The van der Waals surface area contributed by atoms with E-state index in [9.17, 15) is 19.8 Å². The average molecular weight is 431 g/mol. The molecule has 6 atom stereocenters. The summed E-state index contributed by atoms with van der Waals surface area (Å²) >= 11 is 0. The maximum absolute atomic E-state index is 12.3. The van der Waals surface area contributed by atoms with E-state index in [1.807, 2.05) is 30.4 Å². The van der Waals surface area contributed by atoms with Crippen LogP contribution >= 0.6 is 0 Å². The fourth-order valence-electron chi connectivity index (χ4n) is 4.95. The van der Waals surface area contributed by atoms with Gasteiger partial charge < -0.3 is 19.7 Å². The summed E-state index contributed by atoms with van der Waals surface area (Å²) in [6.07, 6.45) is 5.58. The quantitative estimate of drug-likeness (QED) is 0.284. The highest BCUT2D eigenvalue weighted by Gasteiger charge is 2.64. The Balaban J connectivity index is 1.37. The zero-order chi connectivity index (χ0) is 22.2. The number of fused-ring (bicyclic) bond motifs is 1. The summed E-state index contributed by atoms with van der Waals surface area (Å²) in [6, 6.07) is 10.1. The number of carbonyl (C=O) groups excluding carboxylic acids is 2. The molecule has 2 fully saturated rings. The van der Waals surface area contributed by atoms with Gasteiger partial charge in [-0.3, -0.25) is 4.79 Å². The van der Waals surface area contributed by atoms with Gasteiger partial charge in [0.05, 0.1) is 25.4 Å². The molecule has 1 aromatic carbocycles. The number of esters is 1. The van der Waals surface area contributed by atoms with Crippen LogP contribution in [0, 0.1) is 23.7 Å². The fraction of sp³-hybridized carbons (Fsp3) is 0.600. The second kappa shape index (κ2) is 11.6. The SMILES string of the molecule is CCOC(=O)COCC=CC[C@H]1C(=O)C[C@H]2C(C(O)C(O)CCCc3ccccc3)[C@@H]12. The van der Waals surface area contributed by atoms with Gasteiger partial charge in [-0.2, -0.15) is 0 Å². The molecular weight excluding hydrogens is 396 g/mol. The van der Waals surface area contributed by atoms with Gasteiger partial charge in [0.15, 0.2) is 0 Å². The van der Waals surface area contributed by atoms with Crippen molar-refractivity contribution in [3.63, 3.8) is 0 Å². The summed E-state index contributed by atoms with van der Waals surface area (Å²) in [6.45, 7) is 2.29. The third kappa shape index (κ3) is 6.48. The van der Waals surface area contributed by atoms with Crippen molar-refractivity contribution in [2.75, 3.05) is 19.8 Å². The number of ketones is 1. The van der Waals surface area contributed by atoms with Gasteiger partial charge in [0.2, 0.25) is 0 Å². The lowest BCUT2D eigenvalue weighted by molar-refractivity contribution is -0.147. The highest BCUT2D eigenvalue weighted by atomic mass is 16.6. The molecule has 1 aromatic rings. The van der Waals surface area contributed by atoms with Crippen molar-refractivity contribution in [1.29, 1.82) is 0 Å². The van der Waals surface area contributed by atoms with Crippen LogP contribution < -0.4 is 0 Å². The normalized spacial score (nSPS) is 26.6. The van der Waals surface area contributed by atoms with Gasteiger partial charge in [0.25, 0.3) is 0 Å². The number of ether oxygens (including phenoxy) is 2. The first-order valence-electron chi connectivity index (χ1n) is 11.3. The largest absolute Gasteiger partial charge is 0.464 e. The molecule has 2 saturated carbocycles. The topological polar surface area (TPSA) is 93.1 Å². The highest BCUT2D eigenvalue weighted by Crippen LogP contribution is 2.61. The Morgan fingerprint density at radius 1 is 1.23 bits per heavy atom. The van der Waals surface area contributed by atoms with Crippen LogP contribution in [0.1, 0.15) is 38.2 Å². The van der Waals surface area contributed by atoms with E-state index < -0.39 is 12.2 Å². The maximum Gasteiger partial charge on any atom is 0.332 e. The van der Waals surface area contributed by atoms with Crippen LogP contribution in [-0.4, -0.2) is 54.0 Å². The van der Waals surface area contributed by atoms with E-state index in [1.54, 1.807) is 6.92 Å². The lowest BCUT2D eigenvalue weighted by Gasteiger charge is -2.21. The van der Waals surface area contributed by atoms with Crippen molar-refractivity contribution >= 4 is 11.8 Å². The fourth-order valence-corrected chi connectivity index (χ4v) is 4.95. The van der Waals surface area contributed by atoms with E-state index in [0.717, 1.165) is 12.8 Å². The molecule has 0 amide bonds. The number of allylic oxidation sites excluding steroid dienone is 1. The molecule has 0 bridgehead atoms. The Morgan fingerprint density at radius 3 is 2.74 bits per heavy atom. The number of aliphatic hydroxyl groups excluding tert-OH is 2. The van der Waals surface area contributed by atoms with Crippen LogP contribution in [0.15, 0.2) is 42.5 Å². The second-order valence-corrected chi connectivity index (χ2v) is 8.56. The predicted molar refractivity (Wildman–Crippen MR) is 116 cm³/mol. The van der Waals surface area contributed by atoms with E-state index in [2.05, 4.69) is 12.1 Å². The van der Waals surface area contributed by atoms with Crippen molar-refractivity contribution in [2.24, 2.45) is 23.7 Å². The minimum Gasteiger partial charge on any atom is -0.464 e. The molecule has 0 heterocycles. The third-order valence-electron chi connectivity index (χ3n) is 6.50. The minimum absolute atomic E-state index is 0.0166.